The van der Waals surface area contributed by atoms with E-state index < -0.39 is 0 Å². The predicted octanol–water partition coefficient (Wildman–Crippen LogP) is 3.12. The number of carbonyl (C=O) groups is 1. The number of ether oxygens (including phenoxy) is 1. The molecule has 1 fully saturated rings. The third-order valence-corrected chi connectivity index (χ3v) is 4.59. The molecule has 0 unspecified atom stereocenters. The summed E-state index contributed by atoms with van der Waals surface area (Å²) in [4.78, 5) is 16.5. The van der Waals surface area contributed by atoms with E-state index in [-0.39, 0.29) is 11.7 Å². The molecule has 25 heavy (non-hydrogen) atoms. The smallest absolute Gasteiger partial charge is 0.223 e. The Morgan fingerprint density at radius 3 is 2.48 bits per heavy atom. The van der Waals surface area contributed by atoms with Gasteiger partial charge in [0.2, 0.25) is 5.91 Å². The van der Waals surface area contributed by atoms with E-state index in [1.807, 2.05) is 29.2 Å². The minimum Gasteiger partial charge on any atom is -0.497 e. The molecule has 0 N–H and O–H groups in total. The predicted molar refractivity (Wildman–Crippen MR) is 96.5 cm³/mol. The molecule has 1 aliphatic heterocycles. The number of hydrogen-bond donors (Lipinski definition) is 0. The van der Waals surface area contributed by atoms with Crippen molar-refractivity contribution in [1.29, 1.82) is 0 Å². The summed E-state index contributed by atoms with van der Waals surface area (Å²) in [5.41, 5.74) is 2.11. The first kappa shape index (κ1) is 17.3. The van der Waals surface area contributed by atoms with Gasteiger partial charge in [0.1, 0.15) is 11.6 Å². The molecular formula is C20H23FN2O2. The summed E-state index contributed by atoms with van der Waals surface area (Å²) in [5.74, 6) is 0.773. The van der Waals surface area contributed by atoms with Crippen LogP contribution in [0.3, 0.4) is 0 Å². The standard InChI is InChI=1S/C20H23FN2O2/c1-25-19-4-2-3-16(15-19)5-10-20(24)23-13-11-22(12-14-23)18-8-6-17(21)7-9-18/h2-4,6-9,15H,5,10-14H2,1H3. The van der Waals surface area contributed by atoms with E-state index in [2.05, 4.69) is 4.90 Å². The van der Waals surface area contributed by atoms with Gasteiger partial charge in [-0.2, -0.15) is 0 Å². The molecule has 1 heterocycles. The molecule has 4 nitrogen and oxygen atoms in total. The summed E-state index contributed by atoms with van der Waals surface area (Å²) < 4.78 is 18.2. The van der Waals surface area contributed by atoms with E-state index in [1.165, 1.54) is 12.1 Å². The van der Waals surface area contributed by atoms with Crippen molar-refractivity contribution in [2.24, 2.45) is 0 Å². The van der Waals surface area contributed by atoms with Crippen LogP contribution in [-0.2, 0) is 11.2 Å². The topological polar surface area (TPSA) is 32.8 Å². The van der Waals surface area contributed by atoms with Gasteiger partial charge in [0.05, 0.1) is 7.11 Å². The first-order valence-corrected chi connectivity index (χ1v) is 8.57. The van der Waals surface area contributed by atoms with Crippen LogP contribution in [0, 0.1) is 5.82 Å². The third-order valence-electron chi connectivity index (χ3n) is 4.59. The number of hydrogen-bond acceptors (Lipinski definition) is 3. The number of aryl methyl sites for hydroxylation is 1. The Bertz CT molecular complexity index is 710. The number of benzene rings is 2. The molecule has 2 aromatic rings. The average molecular weight is 342 g/mol. The molecule has 2 aromatic carbocycles. The number of rotatable bonds is 5. The van der Waals surface area contributed by atoms with Crippen LogP contribution in [0.1, 0.15) is 12.0 Å². The van der Waals surface area contributed by atoms with Gasteiger partial charge in [-0.3, -0.25) is 4.79 Å². The van der Waals surface area contributed by atoms with Crippen LogP contribution in [0.5, 0.6) is 5.75 Å². The van der Waals surface area contributed by atoms with Gasteiger partial charge in [-0.15, -0.1) is 0 Å². The third kappa shape index (κ3) is 4.50. The van der Waals surface area contributed by atoms with Gasteiger partial charge in [-0.25, -0.2) is 4.39 Å². The maximum atomic E-state index is 13.0. The monoisotopic (exact) mass is 342 g/mol. The maximum Gasteiger partial charge on any atom is 0.223 e. The van der Waals surface area contributed by atoms with Crippen LogP contribution in [0.4, 0.5) is 10.1 Å². The van der Waals surface area contributed by atoms with E-state index >= 15 is 0 Å². The van der Waals surface area contributed by atoms with E-state index in [9.17, 15) is 9.18 Å². The molecule has 5 heteroatoms. The molecule has 0 aliphatic carbocycles. The van der Waals surface area contributed by atoms with E-state index in [4.69, 9.17) is 4.74 Å². The van der Waals surface area contributed by atoms with Crippen LogP contribution in [0.15, 0.2) is 48.5 Å². The first-order valence-electron chi connectivity index (χ1n) is 8.57. The molecule has 1 saturated heterocycles. The van der Waals surface area contributed by atoms with Crippen molar-refractivity contribution in [3.63, 3.8) is 0 Å². The highest BCUT2D eigenvalue weighted by Crippen LogP contribution is 2.18. The normalized spacial score (nSPS) is 14.5. The highest BCUT2D eigenvalue weighted by Gasteiger charge is 2.21. The summed E-state index contributed by atoms with van der Waals surface area (Å²) in [6.07, 6.45) is 1.22. The lowest BCUT2D eigenvalue weighted by atomic mass is 10.1. The van der Waals surface area contributed by atoms with Gasteiger partial charge in [0, 0.05) is 38.3 Å². The molecule has 0 saturated carbocycles. The van der Waals surface area contributed by atoms with Crippen LogP contribution in [0.2, 0.25) is 0 Å². The Hall–Kier alpha value is -2.56. The number of nitrogens with zero attached hydrogens (tertiary/aromatic N) is 2. The molecule has 1 amide bonds. The van der Waals surface area contributed by atoms with Crippen molar-refractivity contribution in [1.82, 2.24) is 4.90 Å². The van der Waals surface area contributed by atoms with Gasteiger partial charge in [0.25, 0.3) is 0 Å². The van der Waals surface area contributed by atoms with E-state index in [1.54, 1.807) is 19.2 Å². The molecule has 0 aromatic heterocycles. The summed E-state index contributed by atoms with van der Waals surface area (Å²) in [6.45, 7) is 2.95. The molecule has 1 aliphatic rings. The van der Waals surface area contributed by atoms with Gasteiger partial charge < -0.3 is 14.5 Å². The lowest BCUT2D eigenvalue weighted by molar-refractivity contribution is -0.131. The minimum absolute atomic E-state index is 0.182. The van der Waals surface area contributed by atoms with E-state index in [0.717, 1.165) is 30.1 Å². The van der Waals surface area contributed by atoms with Crippen molar-refractivity contribution in [3.8, 4) is 5.75 Å². The highest BCUT2D eigenvalue weighted by molar-refractivity contribution is 5.76. The van der Waals surface area contributed by atoms with Gasteiger partial charge in [-0.1, -0.05) is 12.1 Å². The Balaban J connectivity index is 1.48. The Morgan fingerprint density at radius 2 is 1.80 bits per heavy atom. The van der Waals surface area contributed by atoms with Crippen molar-refractivity contribution >= 4 is 11.6 Å². The Labute approximate surface area is 147 Å². The van der Waals surface area contributed by atoms with Gasteiger partial charge in [-0.05, 0) is 48.4 Å². The highest BCUT2D eigenvalue weighted by atomic mass is 19.1. The molecule has 0 spiro atoms. The second-order valence-electron chi connectivity index (χ2n) is 6.20. The minimum atomic E-state index is -0.227. The SMILES string of the molecule is COc1cccc(CCC(=O)N2CCN(c3ccc(F)cc3)CC2)c1. The number of amides is 1. The summed E-state index contributed by atoms with van der Waals surface area (Å²) in [5, 5.41) is 0. The van der Waals surface area contributed by atoms with Crippen molar-refractivity contribution < 1.29 is 13.9 Å². The molecule has 132 valence electrons. The van der Waals surface area contributed by atoms with Crippen molar-refractivity contribution in [2.75, 3.05) is 38.2 Å². The number of halogens is 1. The number of anilines is 1. The van der Waals surface area contributed by atoms with E-state index in [0.29, 0.717) is 25.9 Å². The van der Waals surface area contributed by atoms with Gasteiger partial charge in [0.15, 0.2) is 0 Å². The zero-order valence-electron chi connectivity index (χ0n) is 14.5. The number of methoxy groups -OCH3 is 1. The van der Waals surface area contributed by atoms with Crippen LogP contribution in [-0.4, -0.2) is 44.1 Å². The molecule has 0 bridgehead atoms. The average Bonchev–Trinajstić information content (AvgIpc) is 2.67. The van der Waals surface area contributed by atoms with Gasteiger partial charge >= 0.3 is 0 Å². The lowest BCUT2D eigenvalue weighted by Gasteiger charge is -2.36. The first-order chi connectivity index (χ1) is 12.2. The fourth-order valence-corrected chi connectivity index (χ4v) is 3.10. The molecule has 3 rings (SSSR count). The summed E-state index contributed by atoms with van der Waals surface area (Å²) in [7, 11) is 1.64. The maximum absolute atomic E-state index is 13.0. The van der Waals surface area contributed by atoms with Crippen LogP contribution >= 0.6 is 0 Å². The fraction of sp³-hybridized carbons (Fsp3) is 0.350. The molecule has 0 radical (unpaired) electrons. The number of piperazine rings is 1. The van der Waals surface area contributed by atoms with Crippen LogP contribution < -0.4 is 9.64 Å². The second-order valence-corrected chi connectivity index (χ2v) is 6.20. The van der Waals surface area contributed by atoms with Crippen LogP contribution in [0.25, 0.3) is 0 Å². The largest absolute Gasteiger partial charge is 0.497 e. The molecule has 0 atom stereocenters. The van der Waals surface area contributed by atoms with Crippen molar-refractivity contribution in [2.45, 2.75) is 12.8 Å². The summed E-state index contributed by atoms with van der Waals surface area (Å²) >= 11 is 0. The quantitative estimate of drug-likeness (QED) is 0.837. The zero-order valence-corrected chi connectivity index (χ0v) is 14.5. The number of carbonyl (C=O) groups excluding carboxylic acids is 1. The second kappa shape index (κ2) is 8.01. The summed E-state index contributed by atoms with van der Waals surface area (Å²) in [6, 6.07) is 14.4. The van der Waals surface area contributed by atoms with Crippen molar-refractivity contribution in [3.05, 3.63) is 59.9 Å². The zero-order chi connectivity index (χ0) is 17.6. The lowest BCUT2D eigenvalue weighted by Crippen LogP contribution is -2.48. The Kier molecular flexibility index (Phi) is 5.53. The Morgan fingerprint density at radius 1 is 1.08 bits per heavy atom. The molecular weight excluding hydrogens is 319 g/mol. The fourth-order valence-electron chi connectivity index (χ4n) is 3.10.